The van der Waals surface area contributed by atoms with Crippen molar-refractivity contribution in [2.75, 3.05) is 25.9 Å². The lowest BCUT2D eigenvalue weighted by atomic mass is 9.85. The molecule has 0 amide bonds. The minimum atomic E-state index is -3.09. The van der Waals surface area contributed by atoms with E-state index in [9.17, 15) is 8.42 Å². The summed E-state index contributed by atoms with van der Waals surface area (Å²) < 4.78 is 25.0. The average Bonchev–Trinajstić information content (AvgIpc) is 2.45. The molecule has 0 bridgehead atoms. The van der Waals surface area contributed by atoms with Gasteiger partial charge in [-0.05, 0) is 55.3 Å². The molecular weight excluding hydrogens is 308 g/mol. The van der Waals surface area contributed by atoms with Gasteiger partial charge in [0.1, 0.15) is 0 Å². The monoisotopic (exact) mass is 330 g/mol. The molecule has 1 aliphatic heterocycles. The molecule has 1 fully saturated rings. The Morgan fingerprint density at radius 1 is 1.38 bits per heavy atom. The van der Waals surface area contributed by atoms with Crippen LogP contribution in [0.3, 0.4) is 0 Å². The molecule has 0 radical (unpaired) electrons. The molecule has 1 heterocycles. The molecule has 0 saturated carbocycles. The molecule has 2 N–H and O–H groups in total. The van der Waals surface area contributed by atoms with Crippen molar-refractivity contribution >= 4 is 21.6 Å². The number of benzene rings is 1. The van der Waals surface area contributed by atoms with Gasteiger partial charge < -0.3 is 5.73 Å². The summed E-state index contributed by atoms with van der Waals surface area (Å²) in [5, 5.41) is 0.718. The van der Waals surface area contributed by atoms with Crippen molar-refractivity contribution in [2.24, 2.45) is 11.7 Å². The lowest BCUT2D eigenvalue weighted by Gasteiger charge is -2.32. The molecule has 1 aromatic carbocycles. The van der Waals surface area contributed by atoms with Crippen molar-refractivity contribution < 1.29 is 8.42 Å². The molecule has 118 valence electrons. The van der Waals surface area contributed by atoms with E-state index in [1.807, 2.05) is 24.3 Å². The second-order valence-corrected chi connectivity index (χ2v) is 8.27. The fourth-order valence-corrected chi connectivity index (χ4v) is 4.09. The van der Waals surface area contributed by atoms with E-state index in [-0.39, 0.29) is 5.92 Å². The predicted molar refractivity (Wildman–Crippen MR) is 87.0 cm³/mol. The molecule has 2 unspecified atom stereocenters. The number of rotatable bonds is 5. The zero-order valence-electron chi connectivity index (χ0n) is 12.3. The molecular formula is C15H23ClN2O2S. The molecule has 1 aliphatic rings. The van der Waals surface area contributed by atoms with Gasteiger partial charge in [0.25, 0.3) is 0 Å². The first-order chi connectivity index (χ1) is 9.90. The van der Waals surface area contributed by atoms with Crippen LogP contribution in [0.15, 0.2) is 24.3 Å². The molecule has 2 rings (SSSR count). The second-order valence-electron chi connectivity index (χ2n) is 5.85. The largest absolute Gasteiger partial charge is 0.330 e. The van der Waals surface area contributed by atoms with Crippen molar-refractivity contribution in [3.8, 4) is 0 Å². The number of hydrogen-bond donors (Lipinski definition) is 1. The third-order valence-electron chi connectivity index (χ3n) is 4.19. The number of halogens is 1. The van der Waals surface area contributed by atoms with E-state index in [0.29, 0.717) is 25.6 Å². The van der Waals surface area contributed by atoms with Crippen molar-refractivity contribution in [1.82, 2.24) is 4.31 Å². The van der Waals surface area contributed by atoms with Crippen LogP contribution < -0.4 is 5.73 Å². The number of hydrogen-bond acceptors (Lipinski definition) is 3. The van der Waals surface area contributed by atoms with Crippen molar-refractivity contribution in [3.63, 3.8) is 0 Å². The SMILES string of the molecule is CS(=O)(=O)N1CCCC(CC(CN)c2ccc(Cl)cc2)C1. The van der Waals surface area contributed by atoms with Crippen molar-refractivity contribution in [2.45, 2.75) is 25.2 Å². The molecule has 1 saturated heterocycles. The van der Waals surface area contributed by atoms with Crippen LogP contribution in [0.2, 0.25) is 5.02 Å². The smallest absolute Gasteiger partial charge is 0.211 e. The maximum atomic E-state index is 11.7. The van der Waals surface area contributed by atoms with Gasteiger partial charge in [-0.2, -0.15) is 0 Å². The quantitative estimate of drug-likeness (QED) is 0.902. The summed E-state index contributed by atoms with van der Waals surface area (Å²) in [7, 11) is -3.09. The Bertz CT molecular complexity index is 560. The highest BCUT2D eigenvalue weighted by atomic mass is 35.5. The number of sulfonamides is 1. The first kappa shape index (κ1) is 16.7. The van der Waals surface area contributed by atoms with Gasteiger partial charge in [0, 0.05) is 18.1 Å². The minimum absolute atomic E-state index is 0.256. The van der Waals surface area contributed by atoms with Gasteiger partial charge in [0.05, 0.1) is 6.26 Å². The van der Waals surface area contributed by atoms with Crippen LogP contribution in [-0.4, -0.2) is 38.6 Å². The van der Waals surface area contributed by atoms with Crippen LogP contribution in [0.5, 0.6) is 0 Å². The highest BCUT2D eigenvalue weighted by Crippen LogP contribution is 2.30. The Balaban J connectivity index is 2.03. The van der Waals surface area contributed by atoms with E-state index in [1.54, 1.807) is 4.31 Å². The van der Waals surface area contributed by atoms with Gasteiger partial charge in [-0.15, -0.1) is 0 Å². The maximum Gasteiger partial charge on any atom is 0.211 e. The zero-order valence-corrected chi connectivity index (χ0v) is 13.9. The van der Waals surface area contributed by atoms with E-state index < -0.39 is 10.0 Å². The van der Waals surface area contributed by atoms with Crippen LogP contribution in [0.1, 0.15) is 30.7 Å². The highest BCUT2D eigenvalue weighted by Gasteiger charge is 2.27. The third kappa shape index (κ3) is 4.68. The summed E-state index contributed by atoms with van der Waals surface area (Å²) in [5.74, 6) is 0.629. The fourth-order valence-electron chi connectivity index (χ4n) is 3.03. The summed E-state index contributed by atoms with van der Waals surface area (Å²) in [6.45, 7) is 1.82. The predicted octanol–water partition coefficient (Wildman–Crippen LogP) is 2.44. The normalized spacial score (nSPS) is 22.1. The van der Waals surface area contributed by atoms with E-state index in [2.05, 4.69) is 0 Å². The molecule has 0 aliphatic carbocycles. The molecule has 2 atom stereocenters. The van der Waals surface area contributed by atoms with Gasteiger partial charge in [-0.1, -0.05) is 23.7 Å². The van der Waals surface area contributed by atoms with E-state index in [0.717, 1.165) is 24.3 Å². The Hall–Kier alpha value is -0.620. The van der Waals surface area contributed by atoms with E-state index in [4.69, 9.17) is 17.3 Å². The molecule has 21 heavy (non-hydrogen) atoms. The summed E-state index contributed by atoms with van der Waals surface area (Å²) >= 11 is 5.92. The van der Waals surface area contributed by atoms with Crippen LogP contribution in [0.4, 0.5) is 0 Å². The summed E-state index contributed by atoms with van der Waals surface area (Å²) in [5.41, 5.74) is 7.09. The maximum absolute atomic E-state index is 11.7. The van der Waals surface area contributed by atoms with Gasteiger partial charge in [-0.3, -0.25) is 0 Å². The van der Waals surface area contributed by atoms with E-state index in [1.165, 1.54) is 11.8 Å². The number of piperidine rings is 1. The van der Waals surface area contributed by atoms with Crippen LogP contribution in [-0.2, 0) is 10.0 Å². The van der Waals surface area contributed by atoms with Gasteiger partial charge in [-0.25, -0.2) is 12.7 Å². The zero-order chi connectivity index (χ0) is 15.5. The number of nitrogens with two attached hydrogens (primary N) is 1. The molecule has 4 nitrogen and oxygen atoms in total. The summed E-state index contributed by atoms with van der Waals surface area (Å²) in [6.07, 6.45) is 4.20. The number of nitrogens with zero attached hydrogens (tertiary/aromatic N) is 1. The second kappa shape index (κ2) is 7.09. The van der Waals surface area contributed by atoms with Gasteiger partial charge in [0.2, 0.25) is 10.0 Å². The van der Waals surface area contributed by atoms with Crippen molar-refractivity contribution in [3.05, 3.63) is 34.9 Å². The average molecular weight is 331 g/mol. The molecule has 6 heteroatoms. The standard InChI is InChI=1S/C15H23ClN2O2S/c1-21(19,20)18-8-2-3-12(11-18)9-14(10-17)13-4-6-15(16)7-5-13/h4-7,12,14H,2-3,8-11,17H2,1H3. The Morgan fingerprint density at radius 3 is 2.62 bits per heavy atom. The van der Waals surface area contributed by atoms with Gasteiger partial charge >= 0.3 is 0 Å². The fraction of sp³-hybridized carbons (Fsp3) is 0.600. The molecule has 0 spiro atoms. The highest BCUT2D eigenvalue weighted by molar-refractivity contribution is 7.88. The van der Waals surface area contributed by atoms with Crippen LogP contribution >= 0.6 is 11.6 Å². The Kier molecular flexibility index (Phi) is 5.66. The first-order valence-corrected chi connectivity index (χ1v) is 9.53. The van der Waals surface area contributed by atoms with Crippen molar-refractivity contribution in [1.29, 1.82) is 0 Å². The van der Waals surface area contributed by atoms with Gasteiger partial charge in [0.15, 0.2) is 0 Å². The molecule has 1 aromatic rings. The first-order valence-electron chi connectivity index (χ1n) is 7.31. The Morgan fingerprint density at radius 2 is 2.05 bits per heavy atom. The van der Waals surface area contributed by atoms with Crippen LogP contribution in [0.25, 0.3) is 0 Å². The summed E-state index contributed by atoms with van der Waals surface area (Å²) in [6, 6.07) is 7.78. The molecule has 0 aromatic heterocycles. The topological polar surface area (TPSA) is 63.4 Å². The van der Waals surface area contributed by atoms with E-state index >= 15 is 0 Å². The lowest BCUT2D eigenvalue weighted by Crippen LogP contribution is -2.39. The lowest BCUT2D eigenvalue weighted by molar-refractivity contribution is 0.247. The Labute approximate surface area is 132 Å². The minimum Gasteiger partial charge on any atom is -0.330 e. The third-order valence-corrected chi connectivity index (χ3v) is 5.72. The van der Waals surface area contributed by atoms with Crippen LogP contribution in [0, 0.1) is 5.92 Å². The summed E-state index contributed by atoms with van der Waals surface area (Å²) in [4.78, 5) is 0.